The van der Waals surface area contributed by atoms with Gasteiger partial charge in [-0.2, -0.15) is 5.26 Å². The van der Waals surface area contributed by atoms with Gasteiger partial charge in [0.15, 0.2) is 0 Å². The van der Waals surface area contributed by atoms with E-state index >= 15 is 0 Å². The zero-order valence-corrected chi connectivity index (χ0v) is 13.0. The van der Waals surface area contributed by atoms with Crippen molar-refractivity contribution >= 4 is 11.9 Å². The lowest BCUT2D eigenvalue weighted by atomic mass is 10.0. The van der Waals surface area contributed by atoms with E-state index in [1.165, 1.54) is 0 Å². The number of hydrogen-bond donors (Lipinski definition) is 2. The summed E-state index contributed by atoms with van der Waals surface area (Å²) in [5, 5.41) is 20.3. The Hall–Kier alpha value is -3.27. The molecule has 2 aromatic carbocycles. The monoisotopic (exact) mass is 344 g/mol. The lowest BCUT2D eigenvalue weighted by Gasteiger charge is -2.15. The summed E-state index contributed by atoms with van der Waals surface area (Å²) in [7, 11) is 0. The van der Waals surface area contributed by atoms with Crippen LogP contribution in [0.2, 0.25) is 0 Å². The molecule has 2 N–H and O–H groups in total. The van der Waals surface area contributed by atoms with Crippen LogP contribution in [0.4, 0.5) is 8.78 Å². The third-order valence-electron chi connectivity index (χ3n) is 3.52. The molecule has 1 amide bonds. The first-order valence-corrected chi connectivity index (χ1v) is 7.34. The number of carbonyl (C=O) groups excluding carboxylic acids is 1. The molecule has 0 saturated carbocycles. The first-order chi connectivity index (χ1) is 11.9. The van der Waals surface area contributed by atoms with Crippen LogP contribution in [0.25, 0.3) is 0 Å². The van der Waals surface area contributed by atoms with Gasteiger partial charge < -0.3 is 10.4 Å². The van der Waals surface area contributed by atoms with Gasteiger partial charge >= 0.3 is 5.97 Å². The Bertz CT molecular complexity index is 829. The highest BCUT2D eigenvalue weighted by Crippen LogP contribution is 2.11. The van der Waals surface area contributed by atoms with Crippen LogP contribution in [-0.4, -0.2) is 23.0 Å². The molecule has 2 aromatic rings. The standard InChI is InChI=1S/C18H14F2N2O3/c19-14-6-5-13(15(20)9-14)8-17(23)22-16(18(24)25)7-11-1-3-12(10-21)4-2-11/h1-6,9,16H,7-8H2,(H,22,23)(H,24,25)/t16-/m1/s1. The second-order valence-corrected chi connectivity index (χ2v) is 5.38. The number of nitriles is 1. The summed E-state index contributed by atoms with van der Waals surface area (Å²) in [4.78, 5) is 23.3. The Kier molecular flexibility index (Phi) is 5.79. The molecule has 25 heavy (non-hydrogen) atoms. The van der Waals surface area contributed by atoms with Crippen LogP contribution in [0.15, 0.2) is 42.5 Å². The van der Waals surface area contributed by atoms with E-state index in [0.29, 0.717) is 17.2 Å². The van der Waals surface area contributed by atoms with E-state index in [4.69, 9.17) is 5.26 Å². The normalized spacial score (nSPS) is 11.4. The third kappa shape index (κ3) is 5.11. The van der Waals surface area contributed by atoms with E-state index in [0.717, 1.165) is 12.1 Å². The Labute approximate surface area is 142 Å². The minimum atomic E-state index is -1.24. The van der Waals surface area contributed by atoms with E-state index in [9.17, 15) is 23.5 Å². The van der Waals surface area contributed by atoms with Gasteiger partial charge in [0.1, 0.15) is 17.7 Å². The first-order valence-electron chi connectivity index (χ1n) is 7.34. The highest BCUT2D eigenvalue weighted by atomic mass is 19.1. The highest BCUT2D eigenvalue weighted by Gasteiger charge is 2.21. The lowest BCUT2D eigenvalue weighted by molar-refractivity contribution is -0.141. The molecule has 0 aliphatic carbocycles. The predicted octanol–water partition coefficient (Wildman–Crippen LogP) is 2.19. The summed E-state index contributed by atoms with van der Waals surface area (Å²) in [6.07, 6.45) is -0.387. The lowest BCUT2D eigenvalue weighted by Crippen LogP contribution is -2.43. The summed E-state index contributed by atoms with van der Waals surface area (Å²) in [5.74, 6) is -3.55. The molecule has 7 heteroatoms. The van der Waals surface area contributed by atoms with Gasteiger partial charge in [-0.15, -0.1) is 0 Å². The molecule has 0 unspecified atom stereocenters. The Morgan fingerprint density at radius 2 is 1.84 bits per heavy atom. The van der Waals surface area contributed by atoms with Crippen LogP contribution in [0.3, 0.4) is 0 Å². The number of carbonyl (C=O) groups is 2. The number of carboxylic acid groups (broad SMARTS) is 1. The van der Waals surface area contributed by atoms with E-state index in [1.54, 1.807) is 24.3 Å². The summed E-state index contributed by atoms with van der Waals surface area (Å²) < 4.78 is 26.4. The molecule has 128 valence electrons. The average Bonchev–Trinajstić information content (AvgIpc) is 2.57. The zero-order chi connectivity index (χ0) is 18.4. The second-order valence-electron chi connectivity index (χ2n) is 5.38. The van der Waals surface area contributed by atoms with Gasteiger partial charge in [0.25, 0.3) is 0 Å². The molecule has 0 aromatic heterocycles. The van der Waals surface area contributed by atoms with Crippen molar-refractivity contribution in [3.8, 4) is 6.07 Å². The van der Waals surface area contributed by atoms with Crippen molar-refractivity contribution in [3.63, 3.8) is 0 Å². The van der Waals surface area contributed by atoms with Crippen LogP contribution in [0.1, 0.15) is 16.7 Å². The number of amides is 1. The fourth-order valence-corrected chi connectivity index (χ4v) is 2.23. The molecule has 0 saturated heterocycles. The molecule has 2 rings (SSSR count). The van der Waals surface area contributed by atoms with Crippen molar-refractivity contribution in [2.24, 2.45) is 0 Å². The maximum absolute atomic E-state index is 13.6. The largest absolute Gasteiger partial charge is 0.480 e. The molecule has 0 fully saturated rings. The SMILES string of the molecule is N#Cc1ccc(C[C@@H](NC(=O)Cc2ccc(F)cc2F)C(=O)O)cc1. The molecule has 0 spiro atoms. The van der Waals surface area contributed by atoms with Crippen molar-refractivity contribution in [1.82, 2.24) is 5.32 Å². The second kappa shape index (κ2) is 8.02. The molecule has 0 aliphatic rings. The average molecular weight is 344 g/mol. The molecule has 0 heterocycles. The Balaban J connectivity index is 2.03. The van der Waals surface area contributed by atoms with Crippen LogP contribution >= 0.6 is 0 Å². The third-order valence-corrected chi connectivity index (χ3v) is 3.52. The van der Waals surface area contributed by atoms with E-state index in [1.807, 2.05) is 6.07 Å². The van der Waals surface area contributed by atoms with Crippen LogP contribution in [0, 0.1) is 23.0 Å². The number of benzene rings is 2. The number of nitrogens with zero attached hydrogens (tertiary/aromatic N) is 1. The van der Waals surface area contributed by atoms with Crippen LogP contribution in [0.5, 0.6) is 0 Å². The minimum Gasteiger partial charge on any atom is -0.480 e. The Morgan fingerprint density at radius 1 is 1.16 bits per heavy atom. The fourth-order valence-electron chi connectivity index (χ4n) is 2.23. The Morgan fingerprint density at radius 3 is 2.40 bits per heavy atom. The number of carboxylic acids is 1. The number of nitrogens with one attached hydrogen (secondary N) is 1. The van der Waals surface area contributed by atoms with Gasteiger partial charge in [0.05, 0.1) is 18.1 Å². The summed E-state index contributed by atoms with van der Waals surface area (Å²) >= 11 is 0. The zero-order valence-electron chi connectivity index (χ0n) is 13.0. The first kappa shape index (κ1) is 18.1. The summed E-state index contributed by atoms with van der Waals surface area (Å²) in [6, 6.07) is 9.86. The van der Waals surface area contributed by atoms with Gasteiger partial charge in [0, 0.05) is 12.5 Å². The maximum Gasteiger partial charge on any atom is 0.326 e. The molecule has 0 bridgehead atoms. The maximum atomic E-state index is 13.6. The number of halogens is 2. The van der Waals surface area contributed by atoms with Crippen LogP contribution in [-0.2, 0) is 22.4 Å². The minimum absolute atomic E-state index is 0.0126. The topological polar surface area (TPSA) is 90.2 Å². The predicted molar refractivity (Wildman–Crippen MR) is 84.5 cm³/mol. The van der Waals surface area contributed by atoms with Gasteiger partial charge in [-0.1, -0.05) is 18.2 Å². The summed E-state index contributed by atoms with van der Waals surface area (Å²) in [5.41, 5.74) is 1.03. The van der Waals surface area contributed by atoms with Crippen LogP contribution < -0.4 is 5.32 Å². The quantitative estimate of drug-likeness (QED) is 0.840. The summed E-state index contributed by atoms with van der Waals surface area (Å²) in [6.45, 7) is 0. The smallest absolute Gasteiger partial charge is 0.326 e. The molecule has 0 radical (unpaired) electrons. The van der Waals surface area contributed by atoms with E-state index < -0.39 is 36.0 Å². The van der Waals surface area contributed by atoms with Crippen molar-refractivity contribution in [2.45, 2.75) is 18.9 Å². The van der Waals surface area contributed by atoms with E-state index in [-0.39, 0.29) is 12.0 Å². The fraction of sp³-hybridized carbons (Fsp3) is 0.167. The highest BCUT2D eigenvalue weighted by molar-refractivity contribution is 5.85. The number of hydrogen-bond acceptors (Lipinski definition) is 3. The van der Waals surface area contributed by atoms with Crippen molar-refractivity contribution in [2.75, 3.05) is 0 Å². The molecule has 0 aliphatic heterocycles. The molecular weight excluding hydrogens is 330 g/mol. The molecular formula is C18H14F2N2O3. The van der Waals surface area contributed by atoms with Gasteiger partial charge in [-0.25, -0.2) is 13.6 Å². The van der Waals surface area contributed by atoms with Gasteiger partial charge in [-0.3, -0.25) is 4.79 Å². The van der Waals surface area contributed by atoms with Gasteiger partial charge in [0.2, 0.25) is 5.91 Å². The number of aliphatic carboxylic acids is 1. The number of rotatable bonds is 6. The van der Waals surface area contributed by atoms with Crippen molar-refractivity contribution in [1.29, 1.82) is 5.26 Å². The van der Waals surface area contributed by atoms with Gasteiger partial charge in [-0.05, 0) is 29.3 Å². The van der Waals surface area contributed by atoms with Crippen molar-refractivity contribution < 1.29 is 23.5 Å². The molecule has 1 atom stereocenters. The van der Waals surface area contributed by atoms with Crippen molar-refractivity contribution in [3.05, 3.63) is 70.8 Å². The van der Waals surface area contributed by atoms with E-state index in [2.05, 4.69) is 5.32 Å². The molecule has 5 nitrogen and oxygen atoms in total.